The molecule has 0 spiro atoms. The summed E-state index contributed by atoms with van der Waals surface area (Å²) in [4.78, 5) is 12.9. The number of ketones is 1. The predicted octanol–water partition coefficient (Wildman–Crippen LogP) is 8.65. The minimum absolute atomic E-state index is 0.175. The second-order valence-electron chi connectivity index (χ2n) is 9.68. The van der Waals surface area contributed by atoms with Gasteiger partial charge in [-0.3, -0.25) is 4.79 Å². The van der Waals surface area contributed by atoms with E-state index in [1.807, 2.05) is 36.4 Å². The van der Waals surface area contributed by atoms with E-state index in [-0.39, 0.29) is 11.6 Å². The third-order valence-corrected chi connectivity index (χ3v) is 7.22. The van der Waals surface area contributed by atoms with Crippen molar-refractivity contribution in [3.05, 3.63) is 59.4 Å². The fourth-order valence-corrected chi connectivity index (χ4v) is 5.26. The maximum absolute atomic E-state index is 14.7. The average Bonchev–Trinajstić information content (AvgIpc) is 2.76. The monoisotopic (exact) mass is 422 g/mol. The Hall–Kier alpha value is -1.96. The van der Waals surface area contributed by atoms with Gasteiger partial charge >= 0.3 is 0 Å². The van der Waals surface area contributed by atoms with E-state index in [1.165, 1.54) is 44.9 Å². The maximum atomic E-state index is 14.7. The van der Waals surface area contributed by atoms with Crippen LogP contribution in [0.25, 0.3) is 11.1 Å². The van der Waals surface area contributed by atoms with Crippen LogP contribution in [0, 0.1) is 23.6 Å². The lowest BCUT2D eigenvalue weighted by Gasteiger charge is -2.34. The van der Waals surface area contributed by atoms with Gasteiger partial charge in [-0.25, -0.2) is 4.39 Å². The van der Waals surface area contributed by atoms with Crippen LogP contribution in [0.1, 0.15) is 94.5 Å². The summed E-state index contributed by atoms with van der Waals surface area (Å²) >= 11 is 0. The van der Waals surface area contributed by atoms with Crippen LogP contribution in [0.5, 0.6) is 0 Å². The Bertz CT molecular complexity index is 838. The fraction of sp³-hybridized carbons (Fsp3) is 0.552. The molecule has 3 atom stereocenters. The SMILES string of the molecule is CCCCCc1ccc(-c2ccc(C(=O)CC3CCC(CCC)CC3C)cc2)c(F)c1. The van der Waals surface area contributed by atoms with E-state index in [1.54, 1.807) is 6.07 Å². The molecule has 2 heteroatoms. The number of benzene rings is 2. The molecule has 0 radical (unpaired) electrons. The van der Waals surface area contributed by atoms with Crippen molar-refractivity contribution in [2.24, 2.45) is 17.8 Å². The lowest BCUT2D eigenvalue weighted by atomic mass is 9.71. The van der Waals surface area contributed by atoms with Crippen molar-refractivity contribution in [2.45, 2.75) is 85.0 Å². The molecule has 3 rings (SSSR count). The molecule has 3 unspecified atom stereocenters. The van der Waals surface area contributed by atoms with Gasteiger partial charge in [0.2, 0.25) is 0 Å². The zero-order valence-electron chi connectivity index (χ0n) is 19.6. The first kappa shape index (κ1) is 23.7. The smallest absolute Gasteiger partial charge is 0.163 e. The highest BCUT2D eigenvalue weighted by Gasteiger charge is 2.28. The van der Waals surface area contributed by atoms with Crippen molar-refractivity contribution in [1.29, 1.82) is 0 Å². The number of Topliss-reactive ketones (excluding diaryl/α,β-unsaturated/α-hetero) is 1. The fourth-order valence-electron chi connectivity index (χ4n) is 5.26. The summed E-state index contributed by atoms with van der Waals surface area (Å²) in [7, 11) is 0. The molecule has 1 saturated carbocycles. The molecule has 0 aliphatic heterocycles. The lowest BCUT2D eigenvalue weighted by Crippen LogP contribution is -2.25. The van der Waals surface area contributed by atoms with Gasteiger partial charge in [0.1, 0.15) is 5.82 Å². The van der Waals surface area contributed by atoms with Crippen molar-refractivity contribution >= 4 is 5.78 Å². The van der Waals surface area contributed by atoms with Gasteiger partial charge in [-0.15, -0.1) is 0 Å². The molecule has 1 aliphatic rings. The van der Waals surface area contributed by atoms with Crippen LogP contribution in [0.2, 0.25) is 0 Å². The molecule has 31 heavy (non-hydrogen) atoms. The summed E-state index contributed by atoms with van der Waals surface area (Å²) in [6, 6.07) is 13.1. The highest BCUT2D eigenvalue weighted by molar-refractivity contribution is 5.96. The van der Waals surface area contributed by atoms with Crippen molar-refractivity contribution in [2.75, 3.05) is 0 Å². The Balaban J connectivity index is 1.60. The Kier molecular flexibility index (Phi) is 8.87. The number of unbranched alkanes of at least 4 members (excludes halogenated alkanes) is 2. The summed E-state index contributed by atoms with van der Waals surface area (Å²) < 4.78 is 14.7. The van der Waals surface area contributed by atoms with Gasteiger partial charge in [-0.2, -0.15) is 0 Å². The molecule has 0 aromatic heterocycles. The van der Waals surface area contributed by atoms with Crippen LogP contribution < -0.4 is 0 Å². The third-order valence-electron chi connectivity index (χ3n) is 7.22. The van der Waals surface area contributed by atoms with Crippen LogP contribution in [-0.4, -0.2) is 5.78 Å². The average molecular weight is 423 g/mol. The largest absolute Gasteiger partial charge is 0.294 e. The number of halogens is 1. The molecule has 1 aliphatic carbocycles. The molecule has 168 valence electrons. The molecule has 1 nitrogen and oxygen atoms in total. The van der Waals surface area contributed by atoms with Gasteiger partial charge in [-0.1, -0.05) is 89.3 Å². The van der Waals surface area contributed by atoms with E-state index in [9.17, 15) is 9.18 Å². The number of rotatable bonds is 10. The highest BCUT2D eigenvalue weighted by Crippen LogP contribution is 2.38. The topological polar surface area (TPSA) is 17.1 Å². The molecule has 0 heterocycles. The summed E-state index contributed by atoms with van der Waals surface area (Å²) in [6.45, 7) is 6.76. The molecule has 0 bridgehead atoms. The first-order chi connectivity index (χ1) is 15.0. The predicted molar refractivity (Wildman–Crippen MR) is 129 cm³/mol. The minimum atomic E-state index is -0.175. The standard InChI is InChI=1S/C29H39FO/c1-4-6-7-9-23-11-17-27(28(30)19-23)24-13-15-25(16-14-24)29(31)20-26-12-10-22(8-5-2)18-21(26)3/h11,13-17,19,21-22,26H,4-10,12,18,20H2,1-3H3. The minimum Gasteiger partial charge on any atom is -0.294 e. The second kappa shape index (κ2) is 11.6. The lowest BCUT2D eigenvalue weighted by molar-refractivity contribution is 0.0904. The maximum Gasteiger partial charge on any atom is 0.163 e. The zero-order valence-corrected chi connectivity index (χ0v) is 19.6. The molecule has 0 N–H and O–H groups in total. The van der Waals surface area contributed by atoms with Gasteiger partial charge in [0.15, 0.2) is 5.78 Å². The van der Waals surface area contributed by atoms with Gasteiger partial charge in [0.25, 0.3) is 0 Å². The molecule has 2 aromatic carbocycles. The Morgan fingerprint density at radius 2 is 1.77 bits per heavy atom. The summed E-state index contributed by atoms with van der Waals surface area (Å²) in [5.74, 6) is 2.02. The molecule has 0 amide bonds. The number of aryl methyl sites for hydroxylation is 1. The number of carbonyl (C=O) groups is 1. The molecule has 1 fully saturated rings. The first-order valence-electron chi connectivity index (χ1n) is 12.4. The van der Waals surface area contributed by atoms with Crippen molar-refractivity contribution in [1.82, 2.24) is 0 Å². The molecular weight excluding hydrogens is 383 g/mol. The third kappa shape index (κ3) is 6.51. The first-order valence-corrected chi connectivity index (χ1v) is 12.4. The van der Waals surface area contributed by atoms with Gasteiger partial charge in [0, 0.05) is 17.5 Å². The quantitative estimate of drug-likeness (QED) is 0.276. The summed E-state index contributed by atoms with van der Waals surface area (Å²) in [6.07, 6.45) is 11.3. The van der Waals surface area contributed by atoms with E-state index in [2.05, 4.69) is 20.8 Å². The number of hydrogen-bond donors (Lipinski definition) is 0. The summed E-state index contributed by atoms with van der Waals surface area (Å²) in [5, 5.41) is 0. The summed E-state index contributed by atoms with van der Waals surface area (Å²) in [5.41, 5.74) is 3.26. The molecular formula is C29H39FO. The van der Waals surface area contributed by atoms with Crippen LogP contribution in [0.15, 0.2) is 42.5 Å². The van der Waals surface area contributed by atoms with E-state index in [4.69, 9.17) is 0 Å². The van der Waals surface area contributed by atoms with Gasteiger partial charge in [0.05, 0.1) is 0 Å². The van der Waals surface area contributed by atoms with E-state index < -0.39 is 0 Å². The van der Waals surface area contributed by atoms with Gasteiger partial charge in [-0.05, 0) is 60.6 Å². The molecule has 0 saturated heterocycles. The number of hydrogen-bond acceptors (Lipinski definition) is 1. The van der Waals surface area contributed by atoms with Crippen molar-refractivity contribution < 1.29 is 9.18 Å². The normalized spacial score (nSPS) is 21.2. The Labute approximate surface area is 188 Å². The van der Waals surface area contributed by atoms with Crippen LogP contribution in [0.4, 0.5) is 4.39 Å². The van der Waals surface area contributed by atoms with Crippen LogP contribution in [-0.2, 0) is 6.42 Å². The Morgan fingerprint density at radius 3 is 2.42 bits per heavy atom. The van der Waals surface area contributed by atoms with E-state index in [0.717, 1.165) is 35.4 Å². The zero-order chi connectivity index (χ0) is 22.2. The van der Waals surface area contributed by atoms with Crippen molar-refractivity contribution in [3.63, 3.8) is 0 Å². The van der Waals surface area contributed by atoms with Crippen LogP contribution >= 0.6 is 0 Å². The second-order valence-corrected chi connectivity index (χ2v) is 9.68. The highest BCUT2D eigenvalue weighted by atomic mass is 19.1. The van der Waals surface area contributed by atoms with Gasteiger partial charge < -0.3 is 0 Å². The van der Waals surface area contributed by atoms with E-state index in [0.29, 0.717) is 23.8 Å². The van der Waals surface area contributed by atoms with Crippen LogP contribution in [0.3, 0.4) is 0 Å². The van der Waals surface area contributed by atoms with E-state index >= 15 is 0 Å². The van der Waals surface area contributed by atoms with Crippen molar-refractivity contribution in [3.8, 4) is 11.1 Å². The number of carbonyl (C=O) groups excluding carboxylic acids is 1. The molecule has 2 aromatic rings. The Morgan fingerprint density at radius 1 is 1.00 bits per heavy atom.